The zero-order chi connectivity index (χ0) is 13.7. The molecule has 0 aliphatic rings. The minimum absolute atomic E-state index is 0.00857. The van der Waals surface area contributed by atoms with E-state index in [-0.39, 0.29) is 12.5 Å². The number of amides is 1. The lowest BCUT2D eigenvalue weighted by molar-refractivity contribution is -0.121. The van der Waals surface area contributed by atoms with Crippen molar-refractivity contribution < 1.29 is 4.79 Å². The molecule has 100 valence electrons. The number of rotatable bonds is 5. The molecule has 0 saturated carbocycles. The van der Waals surface area contributed by atoms with E-state index in [1.54, 1.807) is 10.9 Å². The molecule has 0 aliphatic carbocycles. The highest BCUT2D eigenvalue weighted by Crippen LogP contribution is 2.22. The first kappa shape index (κ1) is 13.8. The van der Waals surface area contributed by atoms with E-state index in [9.17, 15) is 4.79 Å². The van der Waals surface area contributed by atoms with Crippen LogP contribution >= 0.6 is 15.9 Å². The van der Waals surface area contributed by atoms with Gasteiger partial charge in [0.05, 0.1) is 6.20 Å². The van der Waals surface area contributed by atoms with E-state index in [4.69, 9.17) is 0 Å². The monoisotopic (exact) mass is 321 g/mol. The normalized spacial score (nSPS) is 10.4. The Labute approximate surface area is 120 Å². The van der Waals surface area contributed by atoms with Gasteiger partial charge in [-0.25, -0.2) is 0 Å². The third kappa shape index (κ3) is 3.92. The van der Waals surface area contributed by atoms with E-state index in [1.807, 2.05) is 37.4 Å². The third-order valence-electron chi connectivity index (χ3n) is 2.67. The van der Waals surface area contributed by atoms with Crippen LogP contribution in [0, 0.1) is 0 Å². The highest BCUT2D eigenvalue weighted by molar-refractivity contribution is 9.10. The quantitative estimate of drug-likeness (QED) is 0.920. The maximum atomic E-state index is 11.6. The number of hydrogen-bond acceptors (Lipinski definition) is 2. The van der Waals surface area contributed by atoms with Crippen molar-refractivity contribution in [1.29, 1.82) is 0 Å². The Morgan fingerprint density at radius 3 is 3.00 bits per heavy atom. The summed E-state index contributed by atoms with van der Waals surface area (Å²) >= 11 is 3.44. The molecule has 2 aromatic rings. The number of nitrogens with zero attached hydrogens (tertiary/aromatic N) is 2. The molecule has 4 nitrogen and oxygen atoms in total. The molecule has 0 atom stereocenters. The number of benzene rings is 1. The first-order chi connectivity index (χ1) is 9.19. The summed E-state index contributed by atoms with van der Waals surface area (Å²) in [6.45, 7) is 2.99. The lowest BCUT2D eigenvalue weighted by Gasteiger charge is -2.03. The number of aromatic nitrogens is 2. The van der Waals surface area contributed by atoms with Crippen molar-refractivity contribution in [3.8, 4) is 11.1 Å². The summed E-state index contributed by atoms with van der Waals surface area (Å²) < 4.78 is 2.68. The van der Waals surface area contributed by atoms with E-state index in [2.05, 4.69) is 26.3 Å². The van der Waals surface area contributed by atoms with Crippen LogP contribution in [0.25, 0.3) is 11.1 Å². The predicted molar refractivity (Wildman–Crippen MR) is 78.7 cm³/mol. The first-order valence-electron chi connectivity index (χ1n) is 6.24. The van der Waals surface area contributed by atoms with Gasteiger partial charge in [0.2, 0.25) is 5.91 Å². The van der Waals surface area contributed by atoms with Gasteiger partial charge in [0.1, 0.15) is 6.54 Å². The standard InChI is InChI=1S/C14H16BrN3O/c1-2-6-16-14(19)10-18-9-12(8-17-18)11-4-3-5-13(15)7-11/h3-5,7-9H,2,6,10H2,1H3,(H,16,19). The van der Waals surface area contributed by atoms with Gasteiger partial charge < -0.3 is 5.32 Å². The van der Waals surface area contributed by atoms with Crippen molar-refractivity contribution in [3.05, 3.63) is 41.1 Å². The minimum atomic E-state index is -0.00857. The Morgan fingerprint density at radius 1 is 1.42 bits per heavy atom. The van der Waals surface area contributed by atoms with Crippen molar-refractivity contribution in [1.82, 2.24) is 15.1 Å². The molecule has 0 bridgehead atoms. The molecule has 0 fully saturated rings. The summed E-state index contributed by atoms with van der Waals surface area (Å²) in [5, 5.41) is 7.04. The van der Waals surface area contributed by atoms with Crippen LogP contribution in [0.5, 0.6) is 0 Å². The van der Waals surface area contributed by atoms with Crippen LogP contribution in [0.15, 0.2) is 41.1 Å². The maximum absolute atomic E-state index is 11.6. The summed E-state index contributed by atoms with van der Waals surface area (Å²) in [7, 11) is 0. The van der Waals surface area contributed by atoms with Gasteiger partial charge in [0.25, 0.3) is 0 Å². The zero-order valence-electron chi connectivity index (χ0n) is 10.8. The van der Waals surface area contributed by atoms with Crippen LogP contribution in [0.4, 0.5) is 0 Å². The van der Waals surface area contributed by atoms with Crippen LogP contribution in [0.2, 0.25) is 0 Å². The Kier molecular flexibility index (Phi) is 4.74. The minimum Gasteiger partial charge on any atom is -0.355 e. The van der Waals surface area contributed by atoms with Crippen LogP contribution in [0.3, 0.4) is 0 Å². The first-order valence-corrected chi connectivity index (χ1v) is 7.03. The van der Waals surface area contributed by atoms with Gasteiger partial charge in [-0.15, -0.1) is 0 Å². The van der Waals surface area contributed by atoms with Gasteiger partial charge in [-0.05, 0) is 24.1 Å². The maximum Gasteiger partial charge on any atom is 0.241 e. The van der Waals surface area contributed by atoms with E-state index >= 15 is 0 Å². The SMILES string of the molecule is CCCNC(=O)Cn1cc(-c2cccc(Br)c2)cn1. The molecule has 1 N–H and O–H groups in total. The summed E-state index contributed by atoms with van der Waals surface area (Å²) in [5.74, 6) is -0.00857. The Balaban J connectivity index is 2.05. The van der Waals surface area contributed by atoms with E-state index < -0.39 is 0 Å². The van der Waals surface area contributed by atoms with Crippen molar-refractivity contribution in [2.24, 2.45) is 0 Å². The van der Waals surface area contributed by atoms with Gasteiger partial charge in [-0.2, -0.15) is 5.10 Å². The molecule has 2 rings (SSSR count). The van der Waals surface area contributed by atoms with E-state index in [0.717, 1.165) is 22.0 Å². The van der Waals surface area contributed by atoms with Crippen LogP contribution in [0.1, 0.15) is 13.3 Å². The lowest BCUT2D eigenvalue weighted by atomic mass is 10.1. The average Bonchev–Trinajstić information content (AvgIpc) is 2.85. The van der Waals surface area contributed by atoms with Crippen molar-refractivity contribution in [2.75, 3.05) is 6.54 Å². The van der Waals surface area contributed by atoms with Gasteiger partial charge in [0, 0.05) is 22.8 Å². The number of nitrogens with one attached hydrogen (secondary N) is 1. The molecule has 0 radical (unpaired) electrons. The summed E-state index contributed by atoms with van der Waals surface area (Å²) in [6.07, 6.45) is 4.59. The topological polar surface area (TPSA) is 46.9 Å². The van der Waals surface area contributed by atoms with Crippen LogP contribution in [-0.2, 0) is 11.3 Å². The summed E-state index contributed by atoms with van der Waals surface area (Å²) in [6, 6.07) is 8.00. The highest BCUT2D eigenvalue weighted by atomic mass is 79.9. The fourth-order valence-corrected chi connectivity index (χ4v) is 2.13. The van der Waals surface area contributed by atoms with Crippen LogP contribution in [-0.4, -0.2) is 22.2 Å². The molecule has 0 saturated heterocycles. The smallest absolute Gasteiger partial charge is 0.241 e. The number of halogens is 1. The Morgan fingerprint density at radius 2 is 2.26 bits per heavy atom. The van der Waals surface area contributed by atoms with Gasteiger partial charge >= 0.3 is 0 Å². The summed E-state index contributed by atoms with van der Waals surface area (Å²) in [4.78, 5) is 11.6. The average molecular weight is 322 g/mol. The van der Waals surface area contributed by atoms with Gasteiger partial charge in [0.15, 0.2) is 0 Å². The van der Waals surface area contributed by atoms with Crippen molar-refractivity contribution in [3.63, 3.8) is 0 Å². The molecule has 0 spiro atoms. The second-order valence-corrected chi connectivity index (χ2v) is 5.20. The molecule has 1 aromatic heterocycles. The molecule has 1 heterocycles. The molecule has 1 amide bonds. The lowest BCUT2D eigenvalue weighted by Crippen LogP contribution is -2.28. The van der Waals surface area contributed by atoms with Gasteiger partial charge in [-0.3, -0.25) is 9.48 Å². The molecular weight excluding hydrogens is 306 g/mol. The van der Waals surface area contributed by atoms with Crippen LogP contribution < -0.4 is 5.32 Å². The zero-order valence-corrected chi connectivity index (χ0v) is 12.4. The third-order valence-corrected chi connectivity index (χ3v) is 3.16. The highest BCUT2D eigenvalue weighted by Gasteiger charge is 2.05. The van der Waals surface area contributed by atoms with E-state index in [1.165, 1.54) is 0 Å². The molecular formula is C14H16BrN3O. The molecule has 19 heavy (non-hydrogen) atoms. The second-order valence-electron chi connectivity index (χ2n) is 4.29. The number of carbonyl (C=O) groups excluding carboxylic acids is 1. The van der Waals surface area contributed by atoms with E-state index in [0.29, 0.717) is 6.54 Å². The predicted octanol–water partition coefficient (Wildman–Crippen LogP) is 2.84. The Hall–Kier alpha value is -1.62. The van der Waals surface area contributed by atoms with Gasteiger partial charge in [-0.1, -0.05) is 35.0 Å². The number of carbonyl (C=O) groups is 1. The summed E-state index contributed by atoms with van der Waals surface area (Å²) in [5.41, 5.74) is 2.08. The molecule has 0 aliphatic heterocycles. The molecule has 1 aromatic carbocycles. The largest absolute Gasteiger partial charge is 0.355 e. The van der Waals surface area contributed by atoms with Crippen molar-refractivity contribution >= 4 is 21.8 Å². The van der Waals surface area contributed by atoms with Crippen molar-refractivity contribution in [2.45, 2.75) is 19.9 Å². The fourth-order valence-electron chi connectivity index (χ4n) is 1.73. The Bertz CT molecular complexity index is 565. The molecule has 5 heteroatoms. The second kappa shape index (κ2) is 6.52. The number of hydrogen-bond donors (Lipinski definition) is 1. The molecule has 0 unspecified atom stereocenters. The fraction of sp³-hybridized carbons (Fsp3) is 0.286.